The van der Waals surface area contributed by atoms with E-state index in [1.165, 1.54) is 0 Å². The zero-order chi connectivity index (χ0) is 8.27. The van der Waals surface area contributed by atoms with Gasteiger partial charge < -0.3 is 9.52 Å². The maximum absolute atomic E-state index is 8.68. The summed E-state index contributed by atoms with van der Waals surface area (Å²) in [6, 6.07) is 3.66. The highest BCUT2D eigenvalue weighted by molar-refractivity contribution is 14.1. The second kappa shape index (κ2) is 4.08. The third kappa shape index (κ3) is 2.80. The first-order valence-electron chi connectivity index (χ1n) is 3.27. The van der Waals surface area contributed by atoms with Crippen LogP contribution in [-0.4, -0.2) is 15.3 Å². The van der Waals surface area contributed by atoms with Crippen LogP contribution in [0, 0.1) is 0 Å². The van der Waals surface area contributed by atoms with Crippen molar-refractivity contribution < 1.29 is 9.52 Å². The zero-order valence-corrected chi connectivity index (χ0v) is 8.41. The van der Waals surface area contributed by atoms with Crippen molar-refractivity contribution in [1.29, 1.82) is 0 Å². The van der Waals surface area contributed by atoms with Crippen molar-refractivity contribution in [2.24, 2.45) is 0 Å². The Morgan fingerprint density at radius 2 is 2.18 bits per heavy atom. The molecule has 0 aromatic carbocycles. The monoisotopic (exact) mass is 267 g/mol. The fourth-order valence-corrected chi connectivity index (χ4v) is 1.14. The Morgan fingerprint density at radius 3 is 2.64 bits per heavy atom. The topological polar surface area (TPSA) is 36.6 Å². The number of aliphatic hydroxyl groups excluding tert-OH is 1. The summed E-state index contributed by atoms with van der Waals surface area (Å²) >= 11 is 2.18. The number of aliphatic hydroxyl groups is 1. The van der Waals surface area contributed by atoms with Crippen molar-refractivity contribution in [3.63, 3.8) is 0 Å². The minimum atomic E-state index is -0.0229. The molecular formula is C7H10INO2. The van der Waals surface area contributed by atoms with E-state index in [2.05, 4.69) is 22.9 Å². The Labute approximate surface area is 79.5 Å². The first-order valence-corrected chi connectivity index (χ1v) is 4.24. The van der Waals surface area contributed by atoms with Gasteiger partial charge >= 0.3 is 0 Å². The van der Waals surface area contributed by atoms with Crippen LogP contribution in [0.15, 0.2) is 16.5 Å². The highest BCUT2D eigenvalue weighted by Gasteiger charge is 2.01. The number of halogens is 1. The molecule has 0 spiro atoms. The molecule has 3 nitrogen and oxygen atoms in total. The van der Waals surface area contributed by atoms with E-state index in [1.54, 1.807) is 6.07 Å². The summed E-state index contributed by atoms with van der Waals surface area (Å²) in [5.74, 6) is 1.50. The fraction of sp³-hybridized carbons (Fsp3) is 0.429. The maximum atomic E-state index is 8.68. The van der Waals surface area contributed by atoms with Crippen LogP contribution in [0.1, 0.15) is 11.5 Å². The van der Waals surface area contributed by atoms with Crippen LogP contribution in [0.25, 0.3) is 0 Å². The maximum Gasteiger partial charge on any atom is 0.129 e. The van der Waals surface area contributed by atoms with Gasteiger partial charge in [0.2, 0.25) is 0 Å². The summed E-state index contributed by atoms with van der Waals surface area (Å²) < 4.78 is 7.23. The Morgan fingerprint density at radius 1 is 1.55 bits per heavy atom. The predicted octanol–water partition coefficient (Wildman–Crippen LogP) is 1.55. The molecule has 0 unspecified atom stereocenters. The Bertz CT molecular complexity index is 222. The number of hydrogen-bond donors (Lipinski definition) is 1. The second-order valence-corrected chi connectivity index (χ2v) is 3.94. The van der Waals surface area contributed by atoms with E-state index in [-0.39, 0.29) is 6.61 Å². The number of hydrogen-bond acceptors (Lipinski definition) is 3. The van der Waals surface area contributed by atoms with Crippen LogP contribution in [-0.2, 0) is 13.2 Å². The molecule has 0 bridgehead atoms. The van der Waals surface area contributed by atoms with E-state index in [1.807, 2.05) is 16.2 Å². The van der Waals surface area contributed by atoms with Gasteiger partial charge in [0.15, 0.2) is 0 Å². The third-order valence-electron chi connectivity index (χ3n) is 1.25. The van der Waals surface area contributed by atoms with Crippen LogP contribution in [0.4, 0.5) is 0 Å². The van der Waals surface area contributed by atoms with Gasteiger partial charge in [0.1, 0.15) is 18.1 Å². The highest BCUT2D eigenvalue weighted by atomic mass is 127. The molecule has 0 saturated carbocycles. The van der Waals surface area contributed by atoms with E-state index in [4.69, 9.17) is 9.52 Å². The Hall–Kier alpha value is -0.0700. The smallest absolute Gasteiger partial charge is 0.129 e. The lowest BCUT2D eigenvalue weighted by atomic mass is 10.4. The quantitative estimate of drug-likeness (QED) is 0.667. The standard InChI is InChI=1S/C7H10INO2/c1-9(8)4-6-2-3-7(5-10)11-6/h2-3,10H,4-5H2,1H3. The Balaban J connectivity index is 2.58. The van der Waals surface area contributed by atoms with Gasteiger partial charge in [-0.3, -0.25) is 0 Å². The third-order valence-corrected chi connectivity index (χ3v) is 1.59. The van der Waals surface area contributed by atoms with Gasteiger partial charge in [-0.25, -0.2) is 3.11 Å². The van der Waals surface area contributed by atoms with E-state index in [0.717, 1.165) is 12.3 Å². The summed E-state index contributed by atoms with van der Waals surface area (Å²) in [5, 5.41) is 8.68. The average Bonchev–Trinajstić information content (AvgIpc) is 2.34. The van der Waals surface area contributed by atoms with E-state index < -0.39 is 0 Å². The predicted molar refractivity (Wildman–Crippen MR) is 50.1 cm³/mol. The van der Waals surface area contributed by atoms with Crippen molar-refractivity contribution in [1.82, 2.24) is 3.11 Å². The van der Waals surface area contributed by atoms with Crippen LogP contribution in [0.5, 0.6) is 0 Å². The molecular weight excluding hydrogens is 257 g/mol. The number of nitrogens with zero attached hydrogens (tertiary/aromatic N) is 1. The number of rotatable bonds is 3. The van der Waals surface area contributed by atoms with Gasteiger partial charge in [-0.05, 0) is 19.2 Å². The molecule has 1 rings (SSSR count). The normalized spacial score (nSPS) is 10.9. The summed E-state index contributed by atoms with van der Waals surface area (Å²) in [4.78, 5) is 0. The molecule has 0 saturated heterocycles. The first-order chi connectivity index (χ1) is 5.22. The molecule has 0 aliphatic rings. The molecule has 0 aliphatic carbocycles. The lowest BCUT2D eigenvalue weighted by molar-refractivity contribution is 0.241. The average molecular weight is 267 g/mol. The van der Waals surface area contributed by atoms with Gasteiger partial charge in [0.05, 0.1) is 6.54 Å². The molecule has 11 heavy (non-hydrogen) atoms. The minimum Gasteiger partial charge on any atom is -0.462 e. The largest absolute Gasteiger partial charge is 0.462 e. The molecule has 1 aromatic heterocycles. The minimum absolute atomic E-state index is 0.0229. The zero-order valence-electron chi connectivity index (χ0n) is 6.25. The molecule has 0 radical (unpaired) electrons. The van der Waals surface area contributed by atoms with Crippen molar-refractivity contribution in [2.75, 3.05) is 7.05 Å². The molecule has 1 aromatic rings. The summed E-state index contributed by atoms with van der Waals surface area (Å²) in [5.41, 5.74) is 0. The van der Waals surface area contributed by atoms with Crippen molar-refractivity contribution >= 4 is 22.9 Å². The molecule has 0 fully saturated rings. The van der Waals surface area contributed by atoms with Gasteiger partial charge in [-0.2, -0.15) is 0 Å². The molecule has 0 amide bonds. The fourth-order valence-electron chi connectivity index (χ4n) is 0.807. The van der Waals surface area contributed by atoms with Crippen molar-refractivity contribution in [2.45, 2.75) is 13.2 Å². The van der Waals surface area contributed by atoms with E-state index in [0.29, 0.717) is 5.76 Å². The second-order valence-electron chi connectivity index (χ2n) is 2.29. The van der Waals surface area contributed by atoms with Crippen LogP contribution in [0.2, 0.25) is 0 Å². The van der Waals surface area contributed by atoms with Gasteiger partial charge in [-0.15, -0.1) is 0 Å². The highest BCUT2D eigenvalue weighted by Crippen LogP contribution is 2.11. The van der Waals surface area contributed by atoms with Gasteiger partial charge in [0.25, 0.3) is 0 Å². The SMILES string of the molecule is CN(I)Cc1ccc(CO)o1. The van der Waals surface area contributed by atoms with E-state index >= 15 is 0 Å². The lowest BCUT2D eigenvalue weighted by Crippen LogP contribution is -2.01. The van der Waals surface area contributed by atoms with Gasteiger partial charge in [0, 0.05) is 22.9 Å². The summed E-state index contributed by atoms with van der Waals surface area (Å²) in [7, 11) is 1.96. The Kier molecular flexibility index (Phi) is 3.35. The molecule has 0 atom stereocenters. The van der Waals surface area contributed by atoms with Gasteiger partial charge in [-0.1, -0.05) is 0 Å². The molecule has 62 valence electrons. The summed E-state index contributed by atoms with van der Waals surface area (Å²) in [6.45, 7) is 0.742. The van der Waals surface area contributed by atoms with Crippen LogP contribution < -0.4 is 0 Å². The lowest BCUT2D eigenvalue weighted by Gasteiger charge is -2.02. The van der Waals surface area contributed by atoms with Crippen LogP contribution in [0.3, 0.4) is 0 Å². The van der Waals surface area contributed by atoms with E-state index in [9.17, 15) is 0 Å². The van der Waals surface area contributed by atoms with Crippen molar-refractivity contribution in [3.05, 3.63) is 23.7 Å². The first kappa shape index (κ1) is 9.02. The van der Waals surface area contributed by atoms with Crippen molar-refractivity contribution in [3.8, 4) is 0 Å². The molecule has 4 heteroatoms. The molecule has 1 heterocycles. The number of furan rings is 1. The molecule has 1 N–H and O–H groups in total. The summed E-state index contributed by atoms with van der Waals surface area (Å²) in [6.07, 6.45) is 0. The van der Waals surface area contributed by atoms with Crippen LogP contribution >= 0.6 is 22.9 Å². The molecule has 0 aliphatic heterocycles.